The van der Waals surface area contributed by atoms with Crippen LogP contribution >= 0.6 is 7.82 Å². The second-order valence-corrected chi connectivity index (χ2v) is 24.5. The Balaban J connectivity index is 4.31. The van der Waals surface area contributed by atoms with Crippen LogP contribution in [0.4, 0.5) is 0 Å². The monoisotopic (exact) mass is 1280 g/mol. The van der Waals surface area contributed by atoms with E-state index < -0.39 is 32.5 Å². The van der Waals surface area contributed by atoms with E-state index in [9.17, 15) is 19.0 Å². The van der Waals surface area contributed by atoms with Gasteiger partial charge in [-0.1, -0.05) is 270 Å². The minimum atomic E-state index is -4.68. The van der Waals surface area contributed by atoms with Crippen LogP contribution in [-0.2, 0) is 32.7 Å². The van der Waals surface area contributed by atoms with Gasteiger partial charge < -0.3 is 27.9 Å². The number of ether oxygens (including phenoxy) is 2. The number of carbonyl (C=O) groups excluding carboxylic acids is 2. The molecule has 0 radical (unpaired) electrons. The molecular formula is C82H124NO8P. The van der Waals surface area contributed by atoms with Gasteiger partial charge in [0.1, 0.15) is 19.8 Å². The molecule has 2 unspecified atom stereocenters. The number of carbonyl (C=O) groups is 2. The first-order chi connectivity index (χ1) is 45.0. The van der Waals surface area contributed by atoms with Crippen molar-refractivity contribution in [3.8, 4) is 0 Å². The van der Waals surface area contributed by atoms with Crippen LogP contribution in [0.1, 0.15) is 206 Å². The summed E-state index contributed by atoms with van der Waals surface area (Å²) in [5.41, 5.74) is 0. The van der Waals surface area contributed by atoms with Crippen LogP contribution in [0, 0.1) is 0 Å². The summed E-state index contributed by atoms with van der Waals surface area (Å²) < 4.78 is 34.2. The van der Waals surface area contributed by atoms with E-state index in [1.165, 1.54) is 0 Å². The highest BCUT2D eigenvalue weighted by Crippen LogP contribution is 2.38. The Labute approximate surface area is 562 Å². The van der Waals surface area contributed by atoms with Gasteiger partial charge in [0.2, 0.25) is 0 Å². The number of esters is 2. The molecule has 10 heteroatoms. The molecule has 0 amide bonds. The summed E-state index contributed by atoms with van der Waals surface area (Å²) in [5.74, 6) is -0.938. The molecule has 9 nitrogen and oxygen atoms in total. The van der Waals surface area contributed by atoms with Crippen molar-refractivity contribution >= 4 is 19.8 Å². The van der Waals surface area contributed by atoms with Crippen LogP contribution in [0.5, 0.6) is 0 Å². The van der Waals surface area contributed by atoms with Crippen molar-refractivity contribution < 1.29 is 42.1 Å². The molecule has 0 bridgehead atoms. The Morgan fingerprint density at radius 3 is 0.880 bits per heavy atom. The first-order valence-corrected chi connectivity index (χ1v) is 36.2. The highest BCUT2D eigenvalue weighted by Gasteiger charge is 2.22. The SMILES string of the molecule is CC/C=C\C/C=C\C/C=C\C/C=C\C/C=C\C/C=C\C/C=C\C/C=C\C/C=C\C/C=C\C/C=C\C/C=C\CCCCC(=O)OC(COC(=O)CCCCCC/C=C\C/C=C\C/C=C\C/C=C\C/C=C\C/C=C\C/C=C\C/C=C\CC)COP(=O)([O-])OCC[N+](C)(C)C. The Bertz CT molecular complexity index is 2450. The number of phosphoric ester groups is 1. The van der Waals surface area contributed by atoms with Gasteiger partial charge >= 0.3 is 11.9 Å². The topological polar surface area (TPSA) is 111 Å². The van der Waals surface area contributed by atoms with Crippen molar-refractivity contribution in [1.82, 2.24) is 0 Å². The molecule has 0 aliphatic rings. The van der Waals surface area contributed by atoms with Crippen LogP contribution in [0.15, 0.2) is 243 Å². The summed E-state index contributed by atoms with van der Waals surface area (Å²) in [4.78, 5) is 38.0. The molecule has 0 heterocycles. The van der Waals surface area contributed by atoms with E-state index in [4.69, 9.17) is 18.5 Å². The predicted octanol–water partition coefficient (Wildman–Crippen LogP) is 22.5. The first-order valence-electron chi connectivity index (χ1n) is 34.7. The van der Waals surface area contributed by atoms with E-state index >= 15 is 0 Å². The average molecular weight is 1280 g/mol. The molecule has 0 aromatic heterocycles. The van der Waals surface area contributed by atoms with E-state index in [1.54, 1.807) is 0 Å². The lowest BCUT2D eigenvalue weighted by Crippen LogP contribution is -2.37. The summed E-state index contributed by atoms with van der Waals surface area (Å²) >= 11 is 0. The largest absolute Gasteiger partial charge is 0.756 e. The number of allylic oxidation sites excluding steroid dienone is 40. The fraction of sp³-hybridized carbons (Fsp3) is 0.488. The van der Waals surface area contributed by atoms with Gasteiger partial charge in [0.25, 0.3) is 7.82 Å². The number of nitrogens with zero attached hydrogens (tertiary/aromatic N) is 1. The minimum absolute atomic E-state index is 0.0590. The molecule has 2 atom stereocenters. The molecule has 0 aromatic carbocycles. The number of likely N-dealkylation sites (N-methyl/N-ethyl adjacent to an activating group) is 1. The second-order valence-electron chi connectivity index (χ2n) is 23.1. The minimum Gasteiger partial charge on any atom is -0.756 e. The van der Waals surface area contributed by atoms with Crippen molar-refractivity contribution in [2.75, 3.05) is 47.5 Å². The lowest BCUT2D eigenvalue weighted by molar-refractivity contribution is -0.870. The molecule has 0 fully saturated rings. The zero-order valence-electron chi connectivity index (χ0n) is 57.9. The maximum Gasteiger partial charge on any atom is 0.306 e. The summed E-state index contributed by atoms with van der Waals surface area (Å²) in [6.07, 6.45) is 114. The van der Waals surface area contributed by atoms with Crippen LogP contribution in [0.2, 0.25) is 0 Å². The van der Waals surface area contributed by atoms with Crippen LogP contribution in [0.3, 0.4) is 0 Å². The number of phosphoric acid groups is 1. The van der Waals surface area contributed by atoms with Gasteiger partial charge in [-0.3, -0.25) is 14.2 Å². The van der Waals surface area contributed by atoms with Crippen molar-refractivity contribution in [3.63, 3.8) is 0 Å². The van der Waals surface area contributed by atoms with Gasteiger partial charge in [0.05, 0.1) is 27.7 Å². The third kappa shape index (κ3) is 72.9. The Morgan fingerprint density at radius 2 is 0.587 bits per heavy atom. The number of rotatable bonds is 60. The van der Waals surface area contributed by atoms with Crippen molar-refractivity contribution in [3.05, 3.63) is 243 Å². The van der Waals surface area contributed by atoms with Crippen LogP contribution < -0.4 is 4.89 Å². The first kappa shape index (κ1) is 85.8. The molecule has 0 aliphatic carbocycles. The Hall–Kier alpha value is -6.19. The fourth-order valence-corrected chi connectivity index (χ4v) is 8.85. The molecule has 0 saturated carbocycles. The third-order valence-corrected chi connectivity index (χ3v) is 14.3. The molecule has 510 valence electrons. The predicted molar refractivity (Wildman–Crippen MR) is 396 cm³/mol. The van der Waals surface area contributed by atoms with E-state index in [2.05, 4.69) is 257 Å². The van der Waals surface area contributed by atoms with Gasteiger partial charge in [-0.05, 0) is 167 Å². The summed E-state index contributed by atoms with van der Waals surface area (Å²) in [6, 6.07) is 0. The maximum atomic E-state index is 12.8. The highest BCUT2D eigenvalue weighted by atomic mass is 31.2. The second kappa shape index (κ2) is 69.2. The van der Waals surface area contributed by atoms with Crippen LogP contribution in [0.25, 0.3) is 0 Å². The molecule has 0 aromatic rings. The number of hydrogen-bond acceptors (Lipinski definition) is 8. The molecule has 0 N–H and O–H groups in total. The van der Waals surface area contributed by atoms with E-state index in [0.29, 0.717) is 23.9 Å². The lowest BCUT2D eigenvalue weighted by Gasteiger charge is -2.28. The Kier molecular flexibility index (Phi) is 64.5. The standard InChI is InChI=1S/C82H124NO8P/c1-6-8-10-12-14-16-18-20-22-24-26-28-30-32-34-36-37-38-39-40-41-42-43-44-45-47-49-51-53-55-57-59-61-63-65-67-69-71-73-75-82(85)91-80(79-90-92(86,87)89-77-76-83(3,4)5)78-88-81(84)74-72-70-68-66-64-62-60-58-56-54-52-50-48-46-35-33-31-29-27-25-23-21-19-17-15-13-11-9-7-2/h8-11,14-17,20-23,26-29,32-35,37-38,40-41,43-44,47-50,53-56,59-62,65,67,80H,6-7,12-13,18-19,24-25,30-31,36,39,42,45-46,51-52,57-58,63-64,66,68-79H2,1-5H3/b10-8-,11-9-,16-14-,17-15-,22-20-,23-21-,28-26-,29-27-,34-32-,35-33-,38-37-,41-40-,44-43-,49-47-,50-48-,55-53-,56-54-,61-59-,62-60-,67-65-. The van der Waals surface area contributed by atoms with Gasteiger partial charge in [-0.2, -0.15) is 0 Å². The Morgan fingerprint density at radius 1 is 0.337 bits per heavy atom. The molecule has 0 aliphatic heterocycles. The smallest absolute Gasteiger partial charge is 0.306 e. The zero-order valence-corrected chi connectivity index (χ0v) is 58.8. The van der Waals surface area contributed by atoms with E-state index in [-0.39, 0.29) is 26.1 Å². The average Bonchev–Trinajstić information content (AvgIpc) is 2.14. The van der Waals surface area contributed by atoms with Gasteiger partial charge in [0, 0.05) is 12.8 Å². The third-order valence-electron chi connectivity index (χ3n) is 13.4. The normalized spacial score (nSPS) is 14.6. The quantitative estimate of drug-likeness (QED) is 0.0195. The fourth-order valence-electron chi connectivity index (χ4n) is 8.12. The van der Waals surface area contributed by atoms with Gasteiger partial charge in [0.15, 0.2) is 6.10 Å². The van der Waals surface area contributed by atoms with Crippen molar-refractivity contribution in [2.45, 2.75) is 213 Å². The number of hydrogen-bond donors (Lipinski definition) is 0. The number of unbranched alkanes of at least 4 members (excludes halogenated alkanes) is 6. The van der Waals surface area contributed by atoms with Crippen molar-refractivity contribution in [1.29, 1.82) is 0 Å². The molecular weight excluding hydrogens is 1160 g/mol. The molecule has 0 saturated heterocycles. The van der Waals surface area contributed by atoms with Crippen molar-refractivity contribution in [2.24, 2.45) is 0 Å². The summed E-state index contributed by atoms with van der Waals surface area (Å²) in [5, 5.41) is 0. The molecule has 92 heavy (non-hydrogen) atoms. The summed E-state index contributed by atoms with van der Waals surface area (Å²) in [7, 11) is 1.08. The van der Waals surface area contributed by atoms with Crippen LogP contribution in [-0.4, -0.2) is 70.0 Å². The zero-order chi connectivity index (χ0) is 66.9. The molecule has 0 rings (SSSR count). The number of quaternary nitrogens is 1. The van der Waals surface area contributed by atoms with Gasteiger partial charge in [-0.25, -0.2) is 0 Å². The molecule has 0 spiro atoms. The van der Waals surface area contributed by atoms with E-state index in [1.807, 2.05) is 21.1 Å². The summed E-state index contributed by atoms with van der Waals surface area (Å²) in [6.45, 7) is 3.88. The maximum absolute atomic E-state index is 12.8. The lowest BCUT2D eigenvalue weighted by atomic mass is 10.1. The highest BCUT2D eigenvalue weighted by molar-refractivity contribution is 7.45. The van der Waals surface area contributed by atoms with Gasteiger partial charge in [-0.15, -0.1) is 0 Å². The van der Waals surface area contributed by atoms with E-state index in [0.717, 1.165) is 167 Å².